The summed E-state index contributed by atoms with van der Waals surface area (Å²) in [6.07, 6.45) is 1.36. The van der Waals surface area contributed by atoms with Crippen LogP contribution in [0.15, 0.2) is 113 Å². The molecule has 4 aromatic carbocycles. The van der Waals surface area contributed by atoms with Crippen LogP contribution in [0.2, 0.25) is 0 Å². The third-order valence-electron chi connectivity index (χ3n) is 5.80. The van der Waals surface area contributed by atoms with E-state index in [9.17, 15) is 33.4 Å². The molecule has 0 unspecified atom stereocenters. The van der Waals surface area contributed by atoms with Gasteiger partial charge in [-0.15, -0.1) is 0 Å². The molecule has 4 rings (SSSR count). The van der Waals surface area contributed by atoms with E-state index in [0.717, 1.165) is 22.0 Å². The average Bonchev–Trinajstić information content (AvgIpc) is 3.00. The number of anilines is 1. The molecule has 0 bridgehead atoms. The Balaban J connectivity index is 1.39. The number of hydrazone groups is 1. The number of ether oxygens (including phenoxy) is 1. The fourth-order valence-corrected chi connectivity index (χ4v) is 5.09. The lowest BCUT2D eigenvalue weighted by atomic mass is 10.2. The van der Waals surface area contributed by atoms with Gasteiger partial charge in [0, 0.05) is 24.3 Å². The maximum Gasteiger partial charge on any atom is 0.269 e. The number of nitrogens with one attached hydrogen (secondary N) is 1. The normalized spacial score (nSPS) is 11.1. The Kier molecular flexibility index (Phi) is 9.19. The van der Waals surface area contributed by atoms with Crippen molar-refractivity contribution >= 4 is 39.2 Å². The summed E-state index contributed by atoms with van der Waals surface area (Å²) in [7, 11) is -4.19. The van der Waals surface area contributed by atoms with E-state index in [1.165, 1.54) is 54.7 Å². The fraction of sp³-hybridized carbons (Fsp3) is 0.0714. The molecule has 0 heterocycles. The van der Waals surface area contributed by atoms with Crippen LogP contribution in [0.1, 0.15) is 11.1 Å². The van der Waals surface area contributed by atoms with Crippen LogP contribution in [0, 0.1) is 20.2 Å². The number of amides is 1. The fourth-order valence-electron chi connectivity index (χ4n) is 3.65. The second-order valence-electron chi connectivity index (χ2n) is 8.67. The average molecular weight is 590 g/mol. The van der Waals surface area contributed by atoms with Gasteiger partial charge in [-0.3, -0.25) is 29.3 Å². The molecule has 214 valence electrons. The van der Waals surface area contributed by atoms with E-state index in [-0.39, 0.29) is 28.6 Å². The Morgan fingerprint density at radius 2 is 1.40 bits per heavy atom. The minimum Gasteiger partial charge on any atom is -0.489 e. The number of nitro groups is 2. The lowest BCUT2D eigenvalue weighted by molar-refractivity contribution is -0.385. The van der Waals surface area contributed by atoms with Gasteiger partial charge in [0.25, 0.3) is 27.3 Å². The standard InChI is InChI=1S/C28H23N5O8S/c34-28(19-31(23-12-14-25(15-13-23)33(37)38)42(39,40)27-4-2-1-3-5-27)30-29-18-21-8-16-26(17-9-21)41-20-22-6-10-24(11-7-22)32(35)36/h1-18H,19-20H2,(H,30,34)/b29-18-. The highest BCUT2D eigenvalue weighted by molar-refractivity contribution is 7.92. The van der Waals surface area contributed by atoms with Gasteiger partial charge < -0.3 is 4.74 Å². The van der Waals surface area contributed by atoms with Crippen molar-refractivity contribution in [2.24, 2.45) is 5.10 Å². The summed E-state index contributed by atoms with van der Waals surface area (Å²) < 4.78 is 33.2. The quantitative estimate of drug-likeness (QED) is 0.143. The number of non-ortho nitro benzene ring substituents is 2. The highest BCUT2D eigenvalue weighted by Gasteiger charge is 2.27. The molecule has 42 heavy (non-hydrogen) atoms. The van der Waals surface area contributed by atoms with E-state index >= 15 is 0 Å². The van der Waals surface area contributed by atoms with E-state index in [2.05, 4.69) is 10.5 Å². The minimum atomic E-state index is -4.19. The van der Waals surface area contributed by atoms with Crippen LogP contribution in [0.3, 0.4) is 0 Å². The number of nitro benzene ring substituents is 2. The predicted octanol–water partition coefficient (Wildman–Crippen LogP) is 4.43. The van der Waals surface area contributed by atoms with Crippen LogP contribution in [0.25, 0.3) is 0 Å². The Hall–Kier alpha value is -5.63. The van der Waals surface area contributed by atoms with Crippen LogP contribution < -0.4 is 14.5 Å². The molecular weight excluding hydrogens is 566 g/mol. The molecule has 0 spiro atoms. The van der Waals surface area contributed by atoms with E-state index in [4.69, 9.17) is 4.74 Å². The van der Waals surface area contributed by atoms with Crippen molar-refractivity contribution in [2.75, 3.05) is 10.8 Å². The Morgan fingerprint density at radius 3 is 1.98 bits per heavy atom. The summed E-state index contributed by atoms with van der Waals surface area (Å²) in [5, 5.41) is 25.7. The van der Waals surface area contributed by atoms with Crippen molar-refractivity contribution in [1.29, 1.82) is 0 Å². The first-order chi connectivity index (χ1) is 20.1. The van der Waals surface area contributed by atoms with E-state index < -0.39 is 32.3 Å². The van der Waals surface area contributed by atoms with E-state index in [0.29, 0.717) is 11.3 Å². The number of carbonyl (C=O) groups is 1. The first-order valence-electron chi connectivity index (χ1n) is 12.2. The number of carbonyl (C=O) groups excluding carboxylic acids is 1. The van der Waals surface area contributed by atoms with Crippen molar-refractivity contribution in [3.8, 4) is 5.75 Å². The van der Waals surface area contributed by atoms with Gasteiger partial charge in [-0.25, -0.2) is 13.8 Å². The van der Waals surface area contributed by atoms with Gasteiger partial charge >= 0.3 is 0 Å². The van der Waals surface area contributed by atoms with Crippen molar-refractivity contribution in [3.63, 3.8) is 0 Å². The molecule has 0 atom stereocenters. The minimum absolute atomic E-state index is 0.00800. The SMILES string of the molecule is O=C(CN(c1ccc([N+](=O)[O-])cc1)S(=O)(=O)c1ccccc1)N/N=C\c1ccc(OCc2ccc([N+](=O)[O-])cc2)cc1. The molecule has 0 radical (unpaired) electrons. The van der Waals surface area contributed by atoms with Crippen molar-refractivity contribution < 1.29 is 27.8 Å². The Morgan fingerprint density at radius 1 is 0.833 bits per heavy atom. The first kappa shape index (κ1) is 29.4. The number of benzene rings is 4. The van der Waals surface area contributed by atoms with E-state index in [1.54, 1.807) is 42.5 Å². The zero-order valence-corrected chi connectivity index (χ0v) is 22.6. The molecular formula is C28H23N5O8S. The number of nitrogens with zero attached hydrogens (tertiary/aromatic N) is 4. The van der Waals surface area contributed by atoms with Gasteiger partial charge in [0.05, 0.1) is 26.6 Å². The summed E-state index contributed by atoms with van der Waals surface area (Å²) in [6.45, 7) is -0.430. The lowest BCUT2D eigenvalue weighted by Crippen LogP contribution is -2.39. The highest BCUT2D eigenvalue weighted by atomic mass is 32.2. The summed E-state index contributed by atoms with van der Waals surface area (Å²) in [5.74, 6) is -0.202. The molecule has 1 amide bonds. The number of hydrogen-bond acceptors (Lipinski definition) is 9. The summed E-state index contributed by atoms with van der Waals surface area (Å²) in [6, 6.07) is 25.0. The molecule has 4 aromatic rings. The third-order valence-corrected chi connectivity index (χ3v) is 7.59. The maximum absolute atomic E-state index is 13.3. The molecule has 0 aliphatic carbocycles. The van der Waals surface area contributed by atoms with Gasteiger partial charge in [0.1, 0.15) is 18.9 Å². The first-order valence-corrected chi connectivity index (χ1v) is 13.7. The summed E-state index contributed by atoms with van der Waals surface area (Å²) in [4.78, 5) is 33.3. The molecule has 1 N–H and O–H groups in total. The van der Waals surface area contributed by atoms with Gasteiger partial charge in [-0.05, 0) is 71.8 Å². The topological polar surface area (TPSA) is 174 Å². The molecule has 0 aliphatic heterocycles. The van der Waals surface area contributed by atoms with Crippen molar-refractivity contribution in [3.05, 3.63) is 134 Å². The van der Waals surface area contributed by atoms with Crippen molar-refractivity contribution in [1.82, 2.24) is 5.43 Å². The molecule has 13 nitrogen and oxygen atoms in total. The van der Waals surface area contributed by atoms with Crippen LogP contribution in [-0.4, -0.2) is 36.9 Å². The van der Waals surface area contributed by atoms with Crippen LogP contribution in [0.5, 0.6) is 5.75 Å². The van der Waals surface area contributed by atoms with Gasteiger partial charge in [0.2, 0.25) is 0 Å². The predicted molar refractivity (Wildman–Crippen MR) is 154 cm³/mol. The van der Waals surface area contributed by atoms with Crippen LogP contribution in [-0.2, 0) is 21.4 Å². The van der Waals surface area contributed by atoms with Crippen LogP contribution in [0.4, 0.5) is 17.1 Å². The second-order valence-corrected chi connectivity index (χ2v) is 10.5. The summed E-state index contributed by atoms with van der Waals surface area (Å²) >= 11 is 0. The highest BCUT2D eigenvalue weighted by Crippen LogP contribution is 2.25. The molecule has 0 saturated carbocycles. The molecule has 0 aromatic heterocycles. The number of hydrogen-bond donors (Lipinski definition) is 1. The Bertz CT molecular complexity index is 1690. The smallest absolute Gasteiger partial charge is 0.269 e. The molecule has 0 saturated heterocycles. The maximum atomic E-state index is 13.3. The van der Waals surface area contributed by atoms with E-state index in [1.807, 2.05) is 0 Å². The van der Waals surface area contributed by atoms with Gasteiger partial charge in [0.15, 0.2) is 0 Å². The lowest BCUT2D eigenvalue weighted by Gasteiger charge is -2.23. The van der Waals surface area contributed by atoms with Gasteiger partial charge in [-0.1, -0.05) is 18.2 Å². The Labute approximate surface area is 240 Å². The second kappa shape index (κ2) is 13.1. The third kappa shape index (κ3) is 7.51. The largest absolute Gasteiger partial charge is 0.489 e. The molecule has 0 fully saturated rings. The number of rotatable bonds is 12. The van der Waals surface area contributed by atoms with Crippen molar-refractivity contribution in [2.45, 2.75) is 11.5 Å². The summed E-state index contributed by atoms with van der Waals surface area (Å²) in [5.41, 5.74) is 3.49. The molecule has 0 aliphatic rings. The van der Waals surface area contributed by atoms with Gasteiger partial charge in [-0.2, -0.15) is 5.10 Å². The number of sulfonamides is 1. The van der Waals surface area contributed by atoms with Crippen LogP contribution >= 0.6 is 0 Å². The monoisotopic (exact) mass is 589 g/mol. The zero-order chi connectivity index (χ0) is 30.1. The molecule has 14 heteroatoms. The zero-order valence-electron chi connectivity index (χ0n) is 21.8.